The van der Waals surface area contributed by atoms with Gasteiger partial charge in [-0.2, -0.15) is 0 Å². The zero-order chi connectivity index (χ0) is 57.9. The molecule has 0 aliphatic heterocycles. The van der Waals surface area contributed by atoms with Gasteiger partial charge >= 0.3 is 11.9 Å². The number of nitro benzene ring substituents is 2. The number of oxazole rings is 2. The fraction of sp³-hybridized carbons (Fsp3) is 0.143. The molecule has 0 saturated carbocycles. The van der Waals surface area contributed by atoms with Crippen LogP contribution >= 0.6 is 0 Å². The molecule has 0 spiro atoms. The molecule has 0 unspecified atom stereocenters. The van der Waals surface area contributed by atoms with Crippen molar-refractivity contribution in [3.05, 3.63) is 155 Å². The summed E-state index contributed by atoms with van der Waals surface area (Å²) in [6.45, 7) is 0. The first-order chi connectivity index (χ1) is 38.6. The lowest BCUT2D eigenvalue weighted by Gasteiger charge is -2.14. The highest BCUT2D eigenvalue weighted by Crippen LogP contribution is 2.45. The number of terminal acetylenes is 1. The number of carbonyl (C=O) groups is 2. The summed E-state index contributed by atoms with van der Waals surface area (Å²) in [5.41, 5.74) is 3.54. The van der Waals surface area contributed by atoms with Crippen molar-refractivity contribution in [3.8, 4) is 127 Å². The number of benzene rings is 6. The molecule has 24 nitrogen and oxygen atoms in total. The molecule has 0 aliphatic rings. The number of hydrogen-bond donors (Lipinski definition) is 1. The van der Waals surface area contributed by atoms with Gasteiger partial charge in [-0.1, -0.05) is 0 Å². The Kier molecular flexibility index (Phi) is 20.0. The molecule has 80 heavy (non-hydrogen) atoms. The Morgan fingerprint density at radius 2 is 0.925 bits per heavy atom. The van der Waals surface area contributed by atoms with Crippen molar-refractivity contribution in [2.75, 3.05) is 56.9 Å². The van der Waals surface area contributed by atoms with Gasteiger partial charge < -0.3 is 66.0 Å². The highest BCUT2D eigenvalue weighted by atomic mass is 16.6. The number of rotatable bonds is 19. The highest BCUT2D eigenvalue weighted by Gasteiger charge is 2.22. The Balaban J connectivity index is 0.000000219. The molecule has 6 aromatic carbocycles. The van der Waals surface area contributed by atoms with Crippen LogP contribution in [0.15, 0.2) is 143 Å². The smallest absolute Gasteiger partial charge is 0.389 e. The first-order valence-electron chi connectivity index (χ1n) is 22.9. The number of nitrogens with zero attached hydrogens (tertiary/aromatic N) is 4. The van der Waals surface area contributed by atoms with E-state index >= 15 is 0 Å². The second kappa shape index (κ2) is 27.5. The van der Waals surface area contributed by atoms with Crippen LogP contribution in [0, 0.1) is 32.6 Å². The van der Waals surface area contributed by atoms with Crippen LogP contribution < -0.4 is 52.1 Å². The van der Waals surface area contributed by atoms with Gasteiger partial charge in [-0.15, -0.1) is 6.42 Å². The minimum absolute atomic E-state index is 0.0113. The zero-order valence-corrected chi connectivity index (χ0v) is 43.8. The van der Waals surface area contributed by atoms with Gasteiger partial charge in [0.15, 0.2) is 70.3 Å². The molecule has 8 aromatic rings. The van der Waals surface area contributed by atoms with Crippen molar-refractivity contribution in [2.24, 2.45) is 0 Å². The van der Waals surface area contributed by atoms with Crippen LogP contribution in [0.4, 0.5) is 11.4 Å². The van der Waals surface area contributed by atoms with Crippen LogP contribution in [0.25, 0.3) is 45.2 Å². The third-order valence-electron chi connectivity index (χ3n) is 10.9. The molecule has 0 fully saturated rings. The normalized spacial score (nSPS) is 10.3. The number of hydrogen-bond acceptors (Lipinski definition) is 22. The number of aromatic nitrogens is 2. The van der Waals surface area contributed by atoms with Gasteiger partial charge in [-0.3, -0.25) is 20.2 Å². The number of methoxy groups -OCH3 is 8. The Labute approximate surface area is 455 Å². The molecule has 0 radical (unpaired) electrons. The van der Waals surface area contributed by atoms with Gasteiger partial charge in [-0.05, 0) is 84.9 Å². The molecule has 2 aromatic heterocycles. The molecule has 412 valence electrons. The summed E-state index contributed by atoms with van der Waals surface area (Å²) in [5.74, 6) is 5.35. The number of ether oxygens (including phenoxy) is 11. The number of nitro groups is 2. The fourth-order valence-corrected chi connectivity index (χ4v) is 7.21. The van der Waals surface area contributed by atoms with Crippen LogP contribution in [-0.4, -0.2) is 93.7 Å². The Morgan fingerprint density at radius 1 is 0.525 bits per heavy atom. The SMILES string of the molecule is C#CC(=O)Oc1ccc([N+](=O)[O-])cc1.COc1ccc(-c2ocnc2-c2cc(OC)c(OC)c(OC)c2)cc1O.COc1ccc(-c2ocnc2-c2cc(OC)c(OC)c(OC)c2)cc1O/C=C/C(=O)Oc1ccc([N+](=O)[O-])cc1. The van der Waals surface area contributed by atoms with Crippen LogP contribution in [0.5, 0.6) is 69.0 Å². The number of carbonyl (C=O) groups excluding carboxylic acids is 2. The van der Waals surface area contributed by atoms with Crippen molar-refractivity contribution in [1.82, 2.24) is 9.97 Å². The maximum absolute atomic E-state index is 12.2. The number of phenolic OH excluding ortho intramolecular Hbond substituents is 1. The van der Waals surface area contributed by atoms with Gasteiger partial charge in [0.2, 0.25) is 11.5 Å². The van der Waals surface area contributed by atoms with Gasteiger partial charge in [0.05, 0.1) is 79.1 Å². The second-order valence-corrected chi connectivity index (χ2v) is 15.5. The van der Waals surface area contributed by atoms with Crippen molar-refractivity contribution < 1.29 is 85.5 Å². The number of esters is 2. The summed E-state index contributed by atoms with van der Waals surface area (Å²) in [6, 6.07) is 27.3. The van der Waals surface area contributed by atoms with Crippen molar-refractivity contribution in [1.29, 1.82) is 0 Å². The molecule has 0 saturated heterocycles. The summed E-state index contributed by atoms with van der Waals surface area (Å²) >= 11 is 0. The maximum atomic E-state index is 12.2. The zero-order valence-electron chi connectivity index (χ0n) is 43.8. The van der Waals surface area contributed by atoms with E-state index in [1.807, 2.05) is 0 Å². The van der Waals surface area contributed by atoms with Crippen LogP contribution in [0.3, 0.4) is 0 Å². The Morgan fingerprint density at radius 3 is 1.31 bits per heavy atom. The predicted octanol–water partition coefficient (Wildman–Crippen LogP) is 10.3. The number of aromatic hydroxyl groups is 1. The number of phenols is 1. The Bertz CT molecular complexity index is 3500. The van der Waals surface area contributed by atoms with E-state index in [1.54, 1.807) is 87.9 Å². The molecule has 0 aliphatic carbocycles. The van der Waals surface area contributed by atoms with E-state index in [0.717, 1.165) is 17.9 Å². The topological polar surface area (TPSA) is 294 Å². The summed E-state index contributed by atoms with van der Waals surface area (Å²) in [4.78, 5) is 51.4. The lowest BCUT2D eigenvalue weighted by Crippen LogP contribution is -2.04. The quantitative estimate of drug-likeness (QED) is 0.0115. The maximum Gasteiger partial charge on any atom is 0.389 e. The van der Waals surface area contributed by atoms with Gasteiger partial charge in [0.1, 0.15) is 22.9 Å². The number of non-ortho nitro benzene ring substituents is 2. The molecule has 2 heterocycles. The van der Waals surface area contributed by atoms with Crippen molar-refractivity contribution in [3.63, 3.8) is 0 Å². The van der Waals surface area contributed by atoms with Crippen LogP contribution in [0.2, 0.25) is 0 Å². The summed E-state index contributed by atoms with van der Waals surface area (Å²) in [7, 11) is 12.2. The minimum Gasteiger partial charge on any atom is -0.504 e. The van der Waals surface area contributed by atoms with E-state index in [2.05, 4.69) is 14.7 Å². The van der Waals surface area contributed by atoms with Gasteiger partial charge in [0.25, 0.3) is 11.4 Å². The van der Waals surface area contributed by atoms with E-state index in [1.165, 1.54) is 96.9 Å². The van der Waals surface area contributed by atoms with E-state index in [0.29, 0.717) is 85.6 Å². The molecule has 1 N–H and O–H groups in total. The van der Waals surface area contributed by atoms with Gasteiger partial charge in [0, 0.05) is 52.4 Å². The summed E-state index contributed by atoms with van der Waals surface area (Å²) < 4.78 is 69.6. The molecular formula is C56H48N4O20. The van der Waals surface area contributed by atoms with E-state index in [4.69, 9.17) is 62.6 Å². The van der Waals surface area contributed by atoms with Crippen molar-refractivity contribution in [2.45, 2.75) is 0 Å². The standard InChI is InChI=1S/C28H24N2O10.C19H19NO6.C9H5NO4/c1-34-21-10-5-17(13-22(21)38-12-11-25(31)40-20-8-6-19(7-9-20)30(32)33)27-26(29-16-39-27)18-14-23(35-2)28(37-4)24(15-18)36-3;1-22-14-6-5-11(7-13(14)21)18-17(20-10-26-18)12-8-15(23-2)19(25-4)16(9-12)24-3;1-2-9(11)14-8-5-3-7(4-6-8)10(12)13/h5-16H,1-4H3;5-10,21H,1-4H3;1,3-6H/b12-11+;;. The lowest BCUT2D eigenvalue weighted by atomic mass is 10.0. The predicted molar refractivity (Wildman–Crippen MR) is 285 cm³/mol. The lowest BCUT2D eigenvalue weighted by molar-refractivity contribution is -0.385. The first-order valence-corrected chi connectivity index (χ1v) is 22.9. The van der Waals surface area contributed by atoms with E-state index in [9.17, 15) is 34.9 Å². The van der Waals surface area contributed by atoms with Gasteiger partial charge in [-0.25, -0.2) is 19.6 Å². The molecule has 0 amide bonds. The molecule has 0 bridgehead atoms. The van der Waals surface area contributed by atoms with E-state index < -0.39 is 21.8 Å². The monoisotopic (exact) mass is 1100 g/mol. The largest absolute Gasteiger partial charge is 0.504 e. The minimum atomic E-state index is -0.834. The summed E-state index contributed by atoms with van der Waals surface area (Å²) in [5, 5.41) is 31.1. The Hall–Kier alpha value is -11.2. The average molecular weight is 1100 g/mol. The third-order valence-corrected chi connectivity index (χ3v) is 10.9. The van der Waals surface area contributed by atoms with Crippen molar-refractivity contribution >= 4 is 23.3 Å². The third kappa shape index (κ3) is 14.2. The molecule has 0 atom stereocenters. The molecule has 24 heteroatoms. The fourth-order valence-electron chi connectivity index (χ4n) is 7.21. The molecular weight excluding hydrogens is 1050 g/mol. The first kappa shape index (κ1) is 58.0. The average Bonchev–Trinajstić information content (AvgIpc) is 4.19. The second-order valence-electron chi connectivity index (χ2n) is 15.5. The summed E-state index contributed by atoms with van der Waals surface area (Å²) in [6.07, 6.45) is 9.61. The highest BCUT2D eigenvalue weighted by molar-refractivity contribution is 5.89. The van der Waals surface area contributed by atoms with Crippen LogP contribution in [-0.2, 0) is 9.59 Å². The van der Waals surface area contributed by atoms with Crippen LogP contribution in [0.1, 0.15) is 0 Å². The van der Waals surface area contributed by atoms with E-state index in [-0.39, 0.29) is 34.4 Å². The molecule has 8 rings (SSSR count).